The molecule has 0 amide bonds. The Kier molecular flexibility index (Phi) is 7.48. The molecule has 4 unspecified atom stereocenters. The van der Waals surface area contributed by atoms with E-state index in [-0.39, 0.29) is 26.8 Å². The summed E-state index contributed by atoms with van der Waals surface area (Å²) < 4.78 is 0. The second kappa shape index (κ2) is 7.41. The molecular weight excluding hydrogens is 222 g/mol. The molecule has 0 spiro atoms. The third-order valence-corrected chi connectivity index (χ3v) is 5.16. The average molecular weight is 247 g/mol. The molecule has 0 heterocycles. The Hall–Kier alpha value is 0.130. The first-order chi connectivity index (χ1) is 6.84. The fourth-order valence-corrected chi connectivity index (χ4v) is 3.06. The first-order valence-corrected chi connectivity index (χ1v) is 9.38. The van der Waals surface area contributed by atoms with Crippen molar-refractivity contribution in [3.8, 4) is 0 Å². The molecule has 88 valence electrons. The summed E-state index contributed by atoms with van der Waals surface area (Å²) in [6.07, 6.45) is 11.1. The Morgan fingerprint density at radius 1 is 1.40 bits per heavy atom. The first-order valence-electron chi connectivity index (χ1n) is 5.25. The molecule has 0 aromatic heterocycles. The minimum absolute atomic E-state index is 0.129. The summed E-state index contributed by atoms with van der Waals surface area (Å²) >= 11 is 0. The van der Waals surface area contributed by atoms with Crippen LogP contribution in [0.4, 0.5) is 0 Å². The summed E-state index contributed by atoms with van der Waals surface area (Å²) in [6, 6.07) is 0.447. The van der Waals surface area contributed by atoms with Gasteiger partial charge >= 0.3 is 0 Å². The van der Waals surface area contributed by atoms with Gasteiger partial charge in [0.15, 0.2) is 0 Å². The Morgan fingerprint density at radius 3 is 2.33 bits per heavy atom. The predicted octanol–water partition coefficient (Wildman–Crippen LogP) is 1.70. The van der Waals surface area contributed by atoms with Crippen molar-refractivity contribution in [2.45, 2.75) is 31.8 Å². The third-order valence-electron chi connectivity index (χ3n) is 2.53. The lowest BCUT2D eigenvalue weighted by atomic mass is 10.1. The van der Waals surface area contributed by atoms with Gasteiger partial charge in [0.05, 0.1) is 20.5 Å². The van der Waals surface area contributed by atoms with Gasteiger partial charge in [-0.2, -0.15) is 0 Å². The van der Waals surface area contributed by atoms with Crippen molar-refractivity contribution in [1.82, 2.24) is 0 Å². The fraction of sp³-hybridized carbons (Fsp3) is 0.727. The van der Waals surface area contributed by atoms with E-state index in [1.807, 2.05) is 0 Å². The summed E-state index contributed by atoms with van der Waals surface area (Å²) in [5.41, 5.74) is 12.1. The van der Waals surface area contributed by atoms with Crippen LogP contribution in [0.5, 0.6) is 0 Å². The molecule has 0 saturated carbocycles. The summed E-state index contributed by atoms with van der Waals surface area (Å²) in [5, 5.41) is 1.34. The molecule has 4 heteroatoms. The molecule has 4 N–H and O–H groups in total. The van der Waals surface area contributed by atoms with Crippen LogP contribution in [0.1, 0.15) is 19.8 Å². The van der Waals surface area contributed by atoms with Gasteiger partial charge in [-0.15, -0.1) is 7.17 Å². The van der Waals surface area contributed by atoms with Gasteiger partial charge in [-0.1, -0.05) is 6.30 Å². The Morgan fingerprint density at radius 2 is 1.93 bits per heavy atom. The Bertz CT molecular complexity index is 291. The second-order valence-corrected chi connectivity index (χ2v) is 8.50. The highest BCUT2D eigenvalue weighted by Gasteiger charge is 2.12. The van der Waals surface area contributed by atoms with Gasteiger partial charge in [-0.25, -0.2) is 0 Å². The van der Waals surface area contributed by atoms with E-state index >= 15 is 0 Å². The van der Waals surface area contributed by atoms with Crippen LogP contribution in [0.15, 0.2) is 0 Å². The molecule has 4 atom stereocenters. The van der Waals surface area contributed by atoms with Gasteiger partial charge in [-0.3, -0.25) is 0 Å². The van der Waals surface area contributed by atoms with Crippen LogP contribution in [-0.2, 0) is 0 Å². The number of rotatable bonds is 6. The van der Waals surface area contributed by atoms with E-state index in [9.17, 15) is 0 Å². The molecule has 0 fully saturated rings. The third kappa shape index (κ3) is 7.09. The van der Waals surface area contributed by atoms with Gasteiger partial charge < -0.3 is 11.5 Å². The zero-order valence-corrected chi connectivity index (χ0v) is 12.0. The molecule has 0 aliphatic rings. The van der Waals surface area contributed by atoms with Gasteiger partial charge in [-0.05, 0) is 31.7 Å². The molecule has 0 bridgehead atoms. The van der Waals surface area contributed by atoms with Crippen molar-refractivity contribution in [3.05, 3.63) is 0 Å². The predicted molar refractivity (Wildman–Crippen MR) is 80.7 cm³/mol. The van der Waals surface area contributed by atoms with E-state index in [1.54, 1.807) is 0 Å². The highest BCUT2D eigenvalue weighted by atomic mass is 31.1. The van der Waals surface area contributed by atoms with Crippen molar-refractivity contribution < 1.29 is 0 Å². The summed E-state index contributed by atoms with van der Waals surface area (Å²) in [4.78, 5) is 0. The number of hydrogen-bond acceptors (Lipinski definition) is 2. The molecule has 0 aliphatic heterocycles. The van der Waals surface area contributed by atoms with Gasteiger partial charge in [0.25, 0.3) is 0 Å². The van der Waals surface area contributed by atoms with Crippen LogP contribution >= 0.6 is 14.7 Å². The number of nitrogens with two attached hydrogens (primary N) is 2. The van der Waals surface area contributed by atoms with Crippen molar-refractivity contribution >= 4 is 32.6 Å². The molecule has 0 aliphatic carbocycles. The van der Waals surface area contributed by atoms with E-state index in [0.717, 1.165) is 19.0 Å². The molecule has 0 aromatic rings. The Balaban J connectivity index is 4.01. The van der Waals surface area contributed by atoms with E-state index < -0.39 is 0 Å². The molecular formula is C11H25N2P2+. The highest BCUT2D eigenvalue weighted by molar-refractivity contribution is 7.56. The van der Waals surface area contributed by atoms with Crippen molar-refractivity contribution in [2.24, 2.45) is 11.5 Å². The smallest absolute Gasteiger partial charge is 0.120 e. The average Bonchev–Trinajstić information content (AvgIpc) is 2.11. The van der Waals surface area contributed by atoms with Gasteiger partial charge in [0.2, 0.25) is 0 Å². The van der Waals surface area contributed by atoms with Crippen LogP contribution < -0.4 is 11.5 Å². The van der Waals surface area contributed by atoms with Crippen molar-refractivity contribution in [3.63, 3.8) is 0 Å². The van der Waals surface area contributed by atoms with Crippen molar-refractivity contribution in [2.75, 3.05) is 19.5 Å². The zero-order valence-electron chi connectivity index (χ0n) is 10.2. The standard InChI is InChI=1S/C11H25N2P2/c1-9(15(4)5)11(13)7-6-10(12)8-14(2)3/h10-11H,2,4,6-8,12-13H2,1,3,5H3/q+1. The monoisotopic (exact) mass is 247 g/mol. The minimum Gasteiger partial charge on any atom is -0.324 e. The fourth-order valence-electron chi connectivity index (χ4n) is 1.38. The largest absolute Gasteiger partial charge is 0.324 e. The topological polar surface area (TPSA) is 52.0 Å². The van der Waals surface area contributed by atoms with Crippen LogP contribution in [0, 0.1) is 0 Å². The molecule has 0 radical (unpaired) electrons. The molecule has 2 nitrogen and oxygen atoms in total. The summed E-state index contributed by atoms with van der Waals surface area (Å²) in [6.45, 7) is 6.42. The van der Waals surface area contributed by atoms with Gasteiger partial charge in [0, 0.05) is 12.1 Å². The maximum atomic E-state index is 6.07. The maximum Gasteiger partial charge on any atom is 0.120 e. The SMILES string of the molecule is C=P(C)=C(C)C(N)CCC(N)C[P+](=C)C. The van der Waals surface area contributed by atoms with E-state index in [2.05, 4.69) is 32.9 Å². The quantitative estimate of drug-likeness (QED) is 0.702. The molecule has 0 aromatic carbocycles. The second-order valence-electron chi connectivity index (χ2n) is 4.32. The minimum atomic E-state index is -0.256. The molecule has 0 rings (SSSR count). The van der Waals surface area contributed by atoms with Crippen molar-refractivity contribution in [1.29, 1.82) is 0 Å². The van der Waals surface area contributed by atoms with E-state index in [0.29, 0.717) is 0 Å². The van der Waals surface area contributed by atoms with Gasteiger partial charge in [0.1, 0.15) is 6.16 Å². The lowest BCUT2D eigenvalue weighted by Gasteiger charge is -2.14. The lowest BCUT2D eigenvalue weighted by molar-refractivity contribution is 0.608. The normalized spacial score (nSPS) is 18.1. The Labute approximate surface area is 95.8 Å². The summed E-state index contributed by atoms with van der Waals surface area (Å²) in [5.74, 6) is 0. The van der Waals surface area contributed by atoms with E-state index in [4.69, 9.17) is 11.5 Å². The lowest BCUT2D eigenvalue weighted by Crippen LogP contribution is -2.31. The first kappa shape index (κ1) is 15.1. The van der Waals surface area contributed by atoms with Crippen LogP contribution in [0.3, 0.4) is 0 Å². The molecule has 0 saturated heterocycles. The highest BCUT2D eigenvalue weighted by Crippen LogP contribution is 2.16. The van der Waals surface area contributed by atoms with Crippen LogP contribution in [0.25, 0.3) is 0 Å². The van der Waals surface area contributed by atoms with Crippen LogP contribution in [-0.4, -0.2) is 49.5 Å². The maximum absolute atomic E-state index is 6.07. The van der Waals surface area contributed by atoms with E-state index in [1.165, 1.54) is 5.29 Å². The zero-order chi connectivity index (χ0) is 12.0. The summed E-state index contributed by atoms with van der Waals surface area (Å²) in [7, 11) is -0.385. The molecule has 15 heavy (non-hydrogen) atoms. The number of hydrogen-bond donors (Lipinski definition) is 2. The van der Waals surface area contributed by atoms with Crippen LogP contribution in [0.2, 0.25) is 0 Å².